The smallest absolute Gasteiger partial charge is 0.119 e. The fourth-order valence-corrected chi connectivity index (χ4v) is 2.80. The summed E-state index contributed by atoms with van der Waals surface area (Å²) in [4.78, 5) is 0. The number of nitrogens with one attached hydrogen (secondary N) is 1. The molecule has 1 fully saturated rings. The zero-order valence-electron chi connectivity index (χ0n) is 13.6. The third-order valence-electron chi connectivity index (χ3n) is 4.16. The Morgan fingerprint density at radius 2 is 2.05 bits per heavy atom. The average Bonchev–Trinajstić information content (AvgIpc) is 2.44. The predicted octanol–water partition coefficient (Wildman–Crippen LogP) is 3.74. The molecule has 0 aliphatic heterocycles. The molecule has 118 valence electrons. The minimum Gasteiger partial charge on any atom is -0.497 e. The molecule has 1 aromatic carbocycles. The largest absolute Gasteiger partial charge is 0.497 e. The summed E-state index contributed by atoms with van der Waals surface area (Å²) in [5.41, 5.74) is 1.41. The quantitative estimate of drug-likeness (QED) is 0.703. The molecule has 1 aliphatic rings. The molecule has 1 aromatic rings. The van der Waals surface area contributed by atoms with Gasteiger partial charge in [0.1, 0.15) is 5.75 Å². The zero-order chi connectivity index (χ0) is 15.1. The van der Waals surface area contributed by atoms with Crippen molar-refractivity contribution >= 4 is 0 Å². The molecule has 3 heteroatoms. The minimum atomic E-state index is 0.355. The highest BCUT2D eigenvalue weighted by molar-refractivity contribution is 5.32. The molecule has 0 radical (unpaired) electrons. The van der Waals surface area contributed by atoms with Crippen LogP contribution in [0.25, 0.3) is 0 Å². The van der Waals surface area contributed by atoms with E-state index in [0.29, 0.717) is 18.1 Å². The fourth-order valence-electron chi connectivity index (χ4n) is 2.80. The number of benzene rings is 1. The van der Waals surface area contributed by atoms with Crippen molar-refractivity contribution < 1.29 is 9.47 Å². The number of rotatable bonds is 9. The van der Waals surface area contributed by atoms with E-state index >= 15 is 0 Å². The number of hydrogen-bond acceptors (Lipinski definition) is 3. The number of hydrogen-bond donors (Lipinski definition) is 1. The van der Waals surface area contributed by atoms with Gasteiger partial charge in [-0.25, -0.2) is 0 Å². The molecule has 1 N–H and O–H groups in total. The summed E-state index contributed by atoms with van der Waals surface area (Å²) in [6.45, 7) is 6.17. The van der Waals surface area contributed by atoms with E-state index in [1.54, 1.807) is 7.11 Å². The van der Waals surface area contributed by atoms with Crippen LogP contribution in [0, 0.1) is 0 Å². The maximum absolute atomic E-state index is 5.55. The first kappa shape index (κ1) is 16.3. The highest BCUT2D eigenvalue weighted by Crippen LogP contribution is 2.37. The van der Waals surface area contributed by atoms with E-state index in [2.05, 4.69) is 37.4 Å². The van der Waals surface area contributed by atoms with Gasteiger partial charge in [-0.3, -0.25) is 0 Å². The fraction of sp³-hybridized carbons (Fsp3) is 0.667. The monoisotopic (exact) mass is 291 g/mol. The lowest BCUT2D eigenvalue weighted by atomic mass is 9.76. The lowest BCUT2D eigenvalue weighted by Crippen LogP contribution is -2.40. The first-order chi connectivity index (χ1) is 10.2. The Kier molecular flexibility index (Phi) is 6.52. The van der Waals surface area contributed by atoms with Crippen molar-refractivity contribution in [3.8, 4) is 5.75 Å². The van der Waals surface area contributed by atoms with Crippen LogP contribution < -0.4 is 10.1 Å². The van der Waals surface area contributed by atoms with Gasteiger partial charge < -0.3 is 14.8 Å². The third-order valence-corrected chi connectivity index (χ3v) is 4.16. The van der Waals surface area contributed by atoms with Crippen LogP contribution in [0.5, 0.6) is 5.75 Å². The van der Waals surface area contributed by atoms with Crippen molar-refractivity contribution in [2.75, 3.05) is 20.3 Å². The van der Waals surface area contributed by atoms with Crippen molar-refractivity contribution in [1.29, 1.82) is 0 Å². The molecule has 0 atom stereocenters. The summed E-state index contributed by atoms with van der Waals surface area (Å²) in [5.74, 6) is 1.66. The van der Waals surface area contributed by atoms with Crippen LogP contribution in [0.15, 0.2) is 24.3 Å². The molecule has 0 amide bonds. The van der Waals surface area contributed by atoms with Gasteiger partial charge in [-0.2, -0.15) is 0 Å². The Morgan fingerprint density at radius 3 is 2.76 bits per heavy atom. The Morgan fingerprint density at radius 1 is 1.24 bits per heavy atom. The second-order valence-corrected chi connectivity index (χ2v) is 6.22. The van der Waals surface area contributed by atoms with Crippen LogP contribution in [0.2, 0.25) is 0 Å². The third kappa shape index (κ3) is 5.33. The highest BCUT2D eigenvalue weighted by atomic mass is 16.5. The zero-order valence-corrected chi connectivity index (χ0v) is 13.6. The van der Waals surface area contributed by atoms with Crippen LogP contribution >= 0.6 is 0 Å². The Labute approximate surface area is 129 Å². The van der Waals surface area contributed by atoms with Gasteiger partial charge in [0.05, 0.1) is 13.2 Å². The number of ether oxygens (including phenoxy) is 2. The van der Waals surface area contributed by atoms with E-state index in [1.807, 2.05) is 6.07 Å². The predicted molar refractivity (Wildman–Crippen MR) is 87.1 cm³/mol. The summed E-state index contributed by atoms with van der Waals surface area (Å²) < 4.78 is 10.8. The van der Waals surface area contributed by atoms with Gasteiger partial charge in [0.25, 0.3) is 0 Å². The van der Waals surface area contributed by atoms with E-state index in [4.69, 9.17) is 9.47 Å². The first-order valence-corrected chi connectivity index (χ1v) is 8.18. The maximum atomic E-state index is 5.55. The topological polar surface area (TPSA) is 30.5 Å². The molecule has 2 rings (SSSR count). The van der Waals surface area contributed by atoms with E-state index < -0.39 is 0 Å². The Balaban J connectivity index is 1.57. The summed E-state index contributed by atoms with van der Waals surface area (Å²) in [5, 5.41) is 3.65. The number of unbranched alkanes of at least 4 members (excludes halogenated alkanes) is 1. The van der Waals surface area contributed by atoms with Gasteiger partial charge in [-0.05, 0) is 69.7 Å². The van der Waals surface area contributed by atoms with E-state index in [9.17, 15) is 0 Å². The van der Waals surface area contributed by atoms with E-state index in [0.717, 1.165) is 25.3 Å². The molecule has 21 heavy (non-hydrogen) atoms. The van der Waals surface area contributed by atoms with Gasteiger partial charge >= 0.3 is 0 Å². The SMILES string of the molecule is COc1cccc(C2CC(NCCCCOC(C)C)C2)c1. The average molecular weight is 291 g/mol. The van der Waals surface area contributed by atoms with E-state index in [-0.39, 0.29) is 0 Å². The second-order valence-electron chi connectivity index (χ2n) is 6.22. The normalized spacial score (nSPS) is 21.3. The molecule has 0 spiro atoms. The Bertz CT molecular complexity index is 413. The lowest BCUT2D eigenvalue weighted by Gasteiger charge is -2.36. The van der Waals surface area contributed by atoms with Crippen LogP contribution in [-0.2, 0) is 4.74 Å². The minimum absolute atomic E-state index is 0.355. The highest BCUT2D eigenvalue weighted by Gasteiger charge is 2.29. The molecule has 0 aromatic heterocycles. The molecule has 1 aliphatic carbocycles. The summed E-state index contributed by atoms with van der Waals surface area (Å²) in [6.07, 6.45) is 5.20. The second kappa shape index (κ2) is 8.40. The number of methoxy groups -OCH3 is 1. The van der Waals surface area contributed by atoms with Crippen molar-refractivity contribution in [3.63, 3.8) is 0 Å². The van der Waals surface area contributed by atoms with Crippen LogP contribution in [0.1, 0.15) is 51.0 Å². The molecule has 1 saturated carbocycles. The molecule has 0 unspecified atom stereocenters. The van der Waals surface area contributed by atoms with Crippen molar-refractivity contribution in [2.45, 2.75) is 57.6 Å². The molecule has 0 saturated heterocycles. The molecule has 0 bridgehead atoms. The lowest BCUT2D eigenvalue weighted by molar-refractivity contribution is 0.0757. The molecule has 3 nitrogen and oxygen atoms in total. The van der Waals surface area contributed by atoms with Crippen molar-refractivity contribution in [1.82, 2.24) is 5.32 Å². The molecule has 0 heterocycles. The Hall–Kier alpha value is -1.06. The summed E-state index contributed by atoms with van der Waals surface area (Å²) >= 11 is 0. The molecular formula is C18H29NO2. The van der Waals surface area contributed by atoms with Gasteiger partial charge in [0, 0.05) is 12.6 Å². The van der Waals surface area contributed by atoms with Gasteiger partial charge in [0.2, 0.25) is 0 Å². The van der Waals surface area contributed by atoms with Gasteiger partial charge in [-0.1, -0.05) is 12.1 Å². The first-order valence-electron chi connectivity index (χ1n) is 8.18. The van der Waals surface area contributed by atoms with Crippen LogP contribution in [-0.4, -0.2) is 32.4 Å². The van der Waals surface area contributed by atoms with Crippen molar-refractivity contribution in [2.24, 2.45) is 0 Å². The van der Waals surface area contributed by atoms with Gasteiger partial charge in [-0.15, -0.1) is 0 Å². The van der Waals surface area contributed by atoms with Crippen LogP contribution in [0.4, 0.5) is 0 Å². The summed E-state index contributed by atoms with van der Waals surface area (Å²) in [6, 6.07) is 9.17. The van der Waals surface area contributed by atoms with Crippen LogP contribution in [0.3, 0.4) is 0 Å². The van der Waals surface area contributed by atoms with Crippen molar-refractivity contribution in [3.05, 3.63) is 29.8 Å². The molecular weight excluding hydrogens is 262 g/mol. The maximum Gasteiger partial charge on any atom is 0.119 e. The van der Waals surface area contributed by atoms with Gasteiger partial charge in [0.15, 0.2) is 0 Å². The summed E-state index contributed by atoms with van der Waals surface area (Å²) in [7, 11) is 1.73. The standard InChI is InChI=1S/C18H29NO2/c1-14(2)21-10-5-4-9-19-17-11-16(12-17)15-7-6-8-18(13-15)20-3/h6-8,13-14,16-17,19H,4-5,9-12H2,1-3H3. The van der Waals surface area contributed by atoms with E-state index in [1.165, 1.54) is 24.8 Å².